The molecule has 6 heteroatoms. The summed E-state index contributed by atoms with van der Waals surface area (Å²) in [4.78, 5) is 20.6. The van der Waals surface area contributed by atoms with E-state index in [2.05, 4.69) is 13.8 Å². The maximum absolute atomic E-state index is 10.3. The molecule has 194 valence electrons. The topological polar surface area (TPSA) is 82.1 Å². The van der Waals surface area contributed by atoms with Gasteiger partial charge in [-0.2, -0.15) is 0 Å². The molecule has 1 N–H and O–H groups in total. The van der Waals surface area contributed by atoms with Crippen LogP contribution in [0.2, 0.25) is 0 Å². The number of esters is 1. The van der Waals surface area contributed by atoms with Gasteiger partial charge in [0.2, 0.25) is 0 Å². The fourth-order valence-electron chi connectivity index (χ4n) is 2.77. The van der Waals surface area contributed by atoms with Crippen molar-refractivity contribution < 1.29 is 28.9 Å². The van der Waals surface area contributed by atoms with E-state index < -0.39 is 0 Å². The molecule has 32 heavy (non-hydrogen) atoms. The summed E-state index contributed by atoms with van der Waals surface area (Å²) >= 11 is 0. The summed E-state index contributed by atoms with van der Waals surface area (Å²) in [5.41, 5.74) is 0. The van der Waals surface area contributed by atoms with Crippen LogP contribution >= 0.6 is 0 Å². The monoisotopic (exact) mass is 462 g/mol. The normalized spacial score (nSPS) is 12.0. The van der Waals surface area contributed by atoms with Gasteiger partial charge in [0.25, 0.3) is 0 Å². The summed E-state index contributed by atoms with van der Waals surface area (Å²) in [6.45, 7) is 12.7. The molecule has 0 aliphatic rings. The number of carbonyl (C=O) groups is 2. The highest BCUT2D eigenvalue weighted by atomic mass is 16.6. The maximum Gasteiger partial charge on any atom is 0.302 e. The Morgan fingerprint density at radius 1 is 0.781 bits per heavy atom. The molecule has 0 amide bonds. The molecule has 0 radical (unpaired) electrons. The molecule has 0 fully saturated rings. The van der Waals surface area contributed by atoms with Crippen molar-refractivity contribution in [3.05, 3.63) is 0 Å². The summed E-state index contributed by atoms with van der Waals surface area (Å²) < 4.78 is 14.7. The van der Waals surface area contributed by atoms with Crippen molar-refractivity contribution in [1.29, 1.82) is 0 Å². The maximum atomic E-state index is 10.3. The quantitative estimate of drug-likeness (QED) is 0.191. The van der Waals surface area contributed by atoms with Gasteiger partial charge in [-0.25, -0.2) is 0 Å². The van der Waals surface area contributed by atoms with Gasteiger partial charge in [0.05, 0.1) is 19.3 Å². The molecule has 0 aromatic rings. The fourth-order valence-corrected chi connectivity index (χ4v) is 2.77. The Bertz CT molecular complexity index is 385. The van der Waals surface area contributed by atoms with E-state index in [9.17, 15) is 9.59 Å². The van der Waals surface area contributed by atoms with Gasteiger partial charge in [0, 0.05) is 27.1 Å². The smallest absolute Gasteiger partial charge is 0.302 e. The molecule has 0 aliphatic heterocycles. The third-order valence-corrected chi connectivity index (χ3v) is 4.40. The van der Waals surface area contributed by atoms with Gasteiger partial charge in [-0.3, -0.25) is 4.79 Å². The Morgan fingerprint density at radius 3 is 1.72 bits per heavy atom. The lowest BCUT2D eigenvalue weighted by atomic mass is 10.1. The predicted octanol–water partition coefficient (Wildman–Crippen LogP) is 6.26. The second-order valence-electron chi connectivity index (χ2n) is 8.43. The number of unbranched alkanes of at least 4 members (excludes halogenated alkanes) is 9. The van der Waals surface area contributed by atoms with Gasteiger partial charge in [-0.15, -0.1) is 0 Å². The standard InChI is InChI=1S/C13H28O2.C7H14O.C6H12O3/c1-3-4-5-6-7-8-9-10-11-15-12-13(2)14;1-3-4-5-6-7(2)8;1-5(4-8-3)9-6(2)7/h13-14H,3-12H2,1-2H3;3-6H2,1-2H3;5H,4H2,1-3H3. The summed E-state index contributed by atoms with van der Waals surface area (Å²) in [6.07, 6.45) is 14.4. The van der Waals surface area contributed by atoms with Crippen LogP contribution < -0.4 is 0 Å². The molecule has 0 bridgehead atoms. The highest BCUT2D eigenvalue weighted by Crippen LogP contribution is 2.08. The van der Waals surface area contributed by atoms with Crippen LogP contribution in [0.4, 0.5) is 0 Å². The van der Waals surface area contributed by atoms with Gasteiger partial charge in [-0.1, -0.05) is 71.6 Å². The number of hydrogen-bond donors (Lipinski definition) is 1. The van der Waals surface area contributed by atoms with Crippen molar-refractivity contribution in [3.8, 4) is 0 Å². The van der Waals surface area contributed by atoms with E-state index in [1.165, 1.54) is 64.7 Å². The van der Waals surface area contributed by atoms with Crippen LogP contribution in [0.25, 0.3) is 0 Å². The summed E-state index contributed by atoms with van der Waals surface area (Å²) in [7, 11) is 1.57. The number of carbonyl (C=O) groups excluding carboxylic acids is 2. The lowest BCUT2D eigenvalue weighted by Crippen LogP contribution is -2.17. The Labute approximate surface area is 198 Å². The van der Waals surface area contributed by atoms with E-state index >= 15 is 0 Å². The van der Waals surface area contributed by atoms with Crippen LogP contribution in [-0.2, 0) is 23.8 Å². The molecule has 0 saturated heterocycles. The lowest BCUT2D eigenvalue weighted by Gasteiger charge is -2.08. The molecular weight excluding hydrogens is 408 g/mol. The van der Waals surface area contributed by atoms with Crippen molar-refractivity contribution in [2.24, 2.45) is 0 Å². The molecule has 0 rings (SSSR count). The highest BCUT2D eigenvalue weighted by Gasteiger charge is 2.02. The zero-order valence-corrected chi connectivity index (χ0v) is 22.2. The minimum absolute atomic E-state index is 0.132. The highest BCUT2D eigenvalue weighted by molar-refractivity contribution is 5.75. The molecule has 0 saturated carbocycles. The molecule has 6 nitrogen and oxygen atoms in total. The largest absolute Gasteiger partial charge is 0.460 e. The van der Waals surface area contributed by atoms with Crippen molar-refractivity contribution in [1.82, 2.24) is 0 Å². The number of ketones is 1. The van der Waals surface area contributed by atoms with Crippen molar-refractivity contribution in [3.63, 3.8) is 0 Å². The number of ether oxygens (including phenoxy) is 3. The summed E-state index contributed by atoms with van der Waals surface area (Å²) in [6, 6.07) is 0. The van der Waals surface area contributed by atoms with Crippen LogP contribution in [0.15, 0.2) is 0 Å². The Balaban J connectivity index is -0.000000424. The van der Waals surface area contributed by atoms with E-state index in [1.807, 2.05) is 0 Å². The third kappa shape index (κ3) is 43.0. The number of rotatable bonds is 18. The van der Waals surface area contributed by atoms with Crippen LogP contribution in [-0.4, -0.2) is 56.0 Å². The number of aliphatic hydroxyl groups is 1. The first-order valence-corrected chi connectivity index (χ1v) is 12.6. The average molecular weight is 463 g/mol. The number of Topliss-reactive ketones (excluding diaryl/α,β-unsaturated/α-hetero) is 1. The summed E-state index contributed by atoms with van der Waals surface area (Å²) in [5, 5.41) is 8.95. The van der Waals surface area contributed by atoms with Crippen LogP contribution in [0, 0.1) is 0 Å². The molecule has 0 aliphatic carbocycles. The third-order valence-electron chi connectivity index (χ3n) is 4.40. The number of methoxy groups -OCH3 is 1. The van der Waals surface area contributed by atoms with E-state index in [-0.39, 0.29) is 18.2 Å². The minimum atomic E-state index is -0.320. The molecule has 0 heterocycles. The average Bonchev–Trinajstić information content (AvgIpc) is 2.70. The van der Waals surface area contributed by atoms with Gasteiger partial charge in [-0.05, 0) is 33.6 Å². The Hall–Kier alpha value is -0.980. The molecule has 2 atom stereocenters. The predicted molar refractivity (Wildman–Crippen MR) is 133 cm³/mol. The van der Waals surface area contributed by atoms with Crippen molar-refractivity contribution >= 4 is 11.8 Å². The van der Waals surface area contributed by atoms with Crippen LogP contribution in [0.3, 0.4) is 0 Å². The molecule has 0 spiro atoms. The minimum Gasteiger partial charge on any atom is -0.460 e. The van der Waals surface area contributed by atoms with E-state index in [4.69, 9.17) is 19.3 Å². The Kier molecular flexibility index (Phi) is 33.4. The SMILES string of the molecule is CCCCCC(C)=O.CCCCCCCCCCOCC(C)O.COCC(C)OC(C)=O. The number of hydrogen-bond acceptors (Lipinski definition) is 6. The first-order chi connectivity index (χ1) is 15.2. The van der Waals surface area contributed by atoms with Crippen LogP contribution in [0.1, 0.15) is 119 Å². The van der Waals surface area contributed by atoms with Gasteiger partial charge < -0.3 is 24.1 Å². The molecule has 2 unspecified atom stereocenters. The second kappa shape index (κ2) is 30.0. The number of aliphatic hydroxyl groups excluding tert-OH is 1. The lowest BCUT2D eigenvalue weighted by molar-refractivity contribution is -0.147. The van der Waals surface area contributed by atoms with Gasteiger partial charge in [0.1, 0.15) is 11.9 Å². The molecular formula is C26H54O6. The molecule has 0 aromatic carbocycles. The zero-order chi connectivity index (χ0) is 25.0. The first kappa shape index (κ1) is 35.6. The van der Waals surface area contributed by atoms with Gasteiger partial charge >= 0.3 is 5.97 Å². The summed E-state index contributed by atoms with van der Waals surface area (Å²) in [5.74, 6) is 0.0537. The van der Waals surface area contributed by atoms with Crippen molar-refractivity contribution in [2.45, 2.75) is 131 Å². The molecule has 0 aromatic heterocycles. The van der Waals surface area contributed by atoms with E-state index in [0.717, 1.165) is 25.9 Å². The van der Waals surface area contributed by atoms with E-state index in [1.54, 1.807) is 27.9 Å². The van der Waals surface area contributed by atoms with Crippen LogP contribution in [0.5, 0.6) is 0 Å². The van der Waals surface area contributed by atoms with Crippen molar-refractivity contribution in [2.75, 3.05) is 26.9 Å². The Morgan fingerprint density at radius 2 is 1.28 bits per heavy atom. The zero-order valence-electron chi connectivity index (χ0n) is 22.2. The first-order valence-electron chi connectivity index (χ1n) is 12.6. The fraction of sp³-hybridized carbons (Fsp3) is 0.923. The van der Waals surface area contributed by atoms with E-state index in [0.29, 0.717) is 19.0 Å². The van der Waals surface area contributed by atoms with Gasteiger partial charge in [0.15, 0.2) is 0 Å². The second-order valence-corrected chi connectivity index (χ2v) is 8.43.